The van der Waals surface area contributed by atoms with Crippen LogP contribution in [-0.4, -0.2) is 18.9 Å². The van der Waals surface area contributed by atoms with Gasteiger partial charge in [-0.25, -0.2) is 4.79 Å². The number of halogens is 3. The third-order valence-electron chi connectivity index (χ3n) is 4.75. The number of Topliss-reactive ketones (excluding diaryl/α,β-unsaturated/α-hetero) is 1. The van der Waals surface area contributed by atoms with Crippen molar-refractivity contribution in [2.45, 2.75) is 20.0 Å². The Morgan fingerprint density at radius 3 is 2.03 bits per heavy atom. The Labute approximate surface area is 177 Å². The number of furan rings is 1. The standard InChI is InChI=1S/C24H19F3O4/c1-14(28)19-13-20(31-15(19)2)21(16-7-5-4-6-8-16)22(23(29)30-3)17-9-11-18(12-10-17)24(25,26)27/h4-13H,1-3H3/b22-21+. The minimum atomic E-state index is -4.51. The second-order valence-electron chi connectivity index (χ2n) is 6.82. The van der Waals surface area contributed by atoms with Gasteiger partial charge in [-0.3, -0.25) is 4.79 Å². The molecule has 0 N–H and O–H groups in total. The van der Waals surface area contributed by atoms with Crippen LogP contribution in [-0.2, 0) is 15.7 Å². The smallest absolute Gasteiger partial charge is 0.416 e. The van der Waals surface area contributed by atoms with Gasteiger partial charge in [0.05, 0.1) is 23.8 Å². The minimum Gasteiger partial charge on any atom is -0.465 e. The molecule has 3 aromatic rings. The Morgan fingerprint density at radius 1 is 0.935 bits per heavy atom. The van der Waals surface area contributed by atoms with Gasteiger partial charge in [0.2, 0.25) is 0 Å². The number of hydrogen-bond donors (Lipinski definition) is 0. The second kappa shape index (κ2) is 8.63. The molecule has 0 aliphatic heterocycles. The van der Waals surface area contributed by atoms with E-state index in [1.165, 1.54) is 32.2 Å². The average molecular weight is 428 g/mol. The molecule has 0 amide bonds. The number of carbonyl (C=O) groups excluding carboxylic acids is 2. The summed E-state index contributed by atoms with van der Waals surface area (Å²) in [6, 6.07) is 14.5. The van der Waals surface area contributed by atoms with E-state index < -0.39 is 17.7 Å². The van der Waals surface area contributed by atoms with E-state index in [0.29, 0.717) is 22.5 Å². The molecular weight excluding hydrogens is 409 g/mol. The summed E-state index contributed by atoms with van der Waals surface area (Å²) >= 11 is 0. The lowest BCUT2D eigenvalue weighted by Gasteiger charge is -2.14. The molecule has 1 aromatic heterocycles. The summed E-state index contributed by atoms with van der Waals surface area (Å²) in [4.78, 5) is 24.7. The first-order valence-corrected chi connectivity index (χ1v) is 9.31. The van der Waals surface area contributed by atoms with Gasteiger partial charge in [0.15, 0.2) is 5.78 Å². The van der Waals surface area contributed by atoms with E-state index in [0.717, 1.165) is 12.1 Å². The zero-order valence-electron chi connectivity index (χ0n) is 17.0. The van der Waals surface area contributed by atoms with Gasteiger partial charge in [0.1, 0.15) is 11.5 Å². The topological polar surface area (TPSA) is 56.5 Å². The average Bonchev–Trinajstić information content (AvgIpc) is 3.13. The number of alkyl halides is 3. The summed E-state index contributed by atoms with van der Waals surface area (Å²) in [6.45, 7) is 3.02. The van der Waals surface area contributed by atoms with Crippen LogP contribution in [0.3, 0.4) is 0 Å². The Kier molecular flexibility index (Phi) is 6.15. The molecule has 2 aromatic carbocycles. The van der Waals surface area contributed by atoms with Crippen molar-refractivity contribution >= 4 is 22.9 Å². The molecule has 0 aliphatic carbocycles. The number of esters is 1. The Hall–Kier alpha value is -3.61. The van der Waals surface area contributed by atoms with E-state index in [1.54, 1.807) is 37.3 Å². The van der Waals surface area contributed by atoms with Gasteiger partial charge >= 0.3 is 12.1 Å². The molecule has 3 rings (SSSR count). The SMILES string of the molecule is COC(=O)/C(=C(\c1ccccc1)c1cc(C(C)=O)c(C)o1)c1ccc(C(F)(F)F)cc1. The molecule has 0 saturated carbocycles. The first-order chi connectivity index (χ1) is 14.6. The fourth-order valence-electron chi connectivity index (χ4n) is 3.26. The van der Waals surface area contributed by atoms with E-state index in [-0.39, 0.29) is 22.7 Å². The van der Waals surface area contributed by atoms with Crippen LogP contribution in [0.25, 0.3) is 11.1 Å². The second-order valence-corrected chi connectivity index (χ2v) is 6.82. The van der Waals surface area contributed by atoms with Crippen LogP contribution in [0.5, 0.6) is 0 Å². The molecule has 0 fully saturated rings. The maximum atomic E-state index is 13.0. The van der Waals surface area contributed by atoms with Crippen LogP contribution in [0, 0.1) is 6.92 Å². The Balaban J connectivity index is 2.34. The van der Waals surface area contributed by atoms with Gasteiger partial charge in [0.25, 0.3) is 0 Å². The van der Waals surface area contributed by atoms with E-state index >= 15 is 0 Å². The van der Waals surface area contributed by atoms with Gasteiger partial charge in [-0.1, -0.05) is 42.5 Å². The lowest BCUT2D eigenvalue weighted by molar-refractivity contribution is -0.137. The van der Waals surface area contributed by atoms with Crippen molar-refractivity contribution in [1.82, 2.24) is 0 Å². The van der Waals surface area contributed by atoms with Crippen LogP contribution < -0.4 is 0 Å². The summed E-state index contributed by atoms with van der Waals surface area (Å²) in [5, 5.41) is 0. The highest BCUT2D eigenvalue weighted by atomic mass is 19.4. The lowest BCUT2D eigenvalue weighted by Crippen LogP contribution is -2.09. The van der Waals surface area contributed by atoms with Crippen LogP contribution in [0.2, 0.25) is 0 Å². The lowest BCUT2D eigenvalue weighted by atomic mass is 9.92. The van der Waals surface area contributed by atoms with Crippen molar-refractivity contribution in [3.8, 4) is 0 Å². The molecule has 7 heteroatoms. The number of methoxy groups -OCH3 is 1. The Bertz CT molecular complexity index is 1140. The van der Waals surface area contributed by atoms with Crippen molar-refractivity contribution in [2.24, 2.45) is 0 Å². The molecule has 0 unspecified atom stereocenters. The summed E-state index contributed by atoms with van der Waals surface area (Å²) in [5.74, 6) is -0.368. The molecular formula is C24H19F3O4. The molecule has 160 valence electrons. The van der Waals surface area contributed by atoms with Crippen LogP contribution in [0.4, 0.5) is 13.2 Å². The molecule has 4 nitrogen and oxygen atoms in total. The van der Waals surface area contributed by atoms with Gasteiger partial charge in [0, 0.05) is 5.57 Å². The quantitative estimate of drug-likeness (QED) is 0.218. The summed E-state index contributed by atoms with van der Waals surface area (Å²) in [7, 11) is 1.18. The molecule has 31 heavy (non-hydrogen) atoms. The minimum absolute atomic E-state index is 0.0197. The van der Waals surface area contributed by atoms with E-state index in [4.69, 9.17) is 9.15 Å². The van der Waals surface area contributed by atoms with Crippen LogP contribution in [0.1, 0.15) is 45.5 Å². The normalized spacial score (nSPS) is 12.3. The van der Waals surface area contributed by atoms with Gasteiger partial charge in [-0.2, -0.15) is 13.2 Å². The molecule has 0 bridgehead atoms. The highest BCUT2D eigenvalue weighted by Gasteiger charge is 2.31. The van der Waals surface area contributed by atoms with Crippen molar-refractivity contribution in [3.05, 3.63) is 94.4 Å². The monoisotopic (exact) mass is 428 g/mol. The zero-order valence-corrected chi connectivity index (χ0v) is 17.0. The van der Waals surface area contributed by atoms with E-state index in [9.17, 15) is 22.8 Å². The maximum absolute atomic E-state index is 13.0. The first kappa shape index (κ1) is 22.1. The molecule has 0 atom stereocenters. The molecule has 0 saturated heterocycles. The molecule has 1 heterocycles. The van der Waals surface area contributed by atoms with Crippen LogP contribution in [0.15, 0.2) is 65.1 Å². The predicted molar refractivity (Wildman–Crippen MR) is 109 cm³/mol. The van der Waals surface area contributed by atoms with Crippen molar-refractivity contribution < 1.29 is 31.9 Å². The summed E-state index contributed by atoms with van der Waals surface area (Å²) in [5.41, 5.74) is 0.632. The zero-order chi connectivity index (χ0) is 22.8. The molecule has 0 aliphatic rings. The number of aryl methyl sites for hydroxylation is 1. The third kappa shape index (κ3) is 4.60. The number of benzene rings is 2. The third-order valence-corrected chi connectivity index (χ3v) is 4.75. The summed E-state index contributed by atoms with van der Waals surface area (Å²) < 4.78 is 49.8. The van der Waals surface area contributed by atoms with Gasteiger partial charge < -0.3 is 9.15 Å². The van der Waals surface area contributed by atoms with Gasteiger partial charge in [-0.15, -0.1) is 0 Å². The first-order valence-electron chi connectivity index (χ1n) is 9.31. The number of carbonyl (C=O) groups is 2. The molecule has 0 spiro atoms. The number of rotatable bonds is 5. The van der Waals surface area contributed by atoms with E-state index in [2.05, 4.69) is 0 Å². The predicted octanol–water partition coefficient (Wildman–Crippen LogP) is 5.94. The maximum Gasteiger partial charge on any atom is 0.416 e. The molecule has 0 radical (unpaired) electrons. The highest BCUT2D eigenvalue weighted by Crippen LogP contribution is 2.36. The van der Waals surface area contributed by atoms with Crippen molar-refractivity contribution in [1.29, 1.82) is 0 Å². The highest BCUT2D eigenvalue weighted by molar-refractivity contribution is 6.26. The summed E-state index contributed by atoms with van der Waals surface area (Å²) in [6.07, 6.45) is -4.51. The van der Waals surface area contributed by atoms with Crippen molar-refractivity contribution in [2.75, 3.05) is 7.11 Å². The largest absolute Gasteiger partial charge is 0.465 e. The van der Waals surface area contributed by atoms with E-state index in [1.807, 2.05) is 0 Å². The fourth-order valence-corrected chi connectivity index (χ4v) is 3.26. The number of ether oxygens (including phenoxy) is 1. The fraction of sp³-hybridized carbons (Fsp3) is 0.167. The number of hydrogen-bond acceptors (Lipinski definition) is 4. The number of ketones is 1. The van der Waals surface area contributed by atoms with Gasteiger partial charge in [-0.05, 0) is 43.2 Å². The van der Waals surface area contributed by atoms with Crippen molar-refractivity contribution in [3.63, 3.8) is 0 Å². The Morgan fingerprint density at radius 2 is 1.55 bits per heavy atom. The van der Waals surface area contributed by atoms with Crippen LogP contribution >= 0.6 is 0 Å².